The molecule has 0 aliphatic heterocycles. The predicted molar refractivity (Wildman–Crippen MR) is 69.1 cm³/mol. The maximum absolute atomic E-state index is 4.23. The number of rotatable bonds is 4. The minimum absolute atomic E-state index is 0.449. The monoisotopic (exact) mass is 209 g/mol. The van der Waals surface area contributed by atoms with Gasteiger partial charge < -0.3 is 0 Å². The van der Waals surface area contributed by atoms with Crippen molar-refractivity contribution in [3.63, 3.8) is 0 Å². The van der Waals surface area contributed by atoms with Crippen LogP contribution in [0.15, 0.2) is 60.7 Å². The molecule has 0 saturated carbocycles. The van der Waals surface area contributed by atoms with Crippen LogP contribution >= 0.6 is 0 Å². The van der Waals surface area contributed by atoms with Gasteiger partial charge in [0.15, 0.2) is 0 Å². The first-order chi connectivity index (χ1) is 7.84. The Morgan fingerprint density at radius 2 is 1.06 bits per heavy atom. The van der Waals surface area contributed by atoms with E-state index >= 15 is 0 Å². The summed E-state index contributed by atoms with van der Waals surface area (Å²) in [6.07, 6.45) is 2.10. The van der Waals surface area contributed by atoms with E-state index in [0.717, 1.165) is 12.8 Å². The van der Waals surface area contributed by atoms with Gasteiger partial charge >= 0.3 is 0 Å². The molecule has 0 heterocycles. The lowest BCUT2D eigenvalue weighted by atomic mass is 9.94. The maximum atomic E-state index is 4.23. The third kappa shape index (κ3) is 3.23. The normalized spacial score (nSPS) is 10.6. The van der Waals surface area contributed by atoms with Gasteiger partial charge in [-0.3, -0.25) is 0 Å². The van der Waals surface area contributed by atoms with Crippen LogP contribution in [0.2, 0.25) is 0 Å². The van der Waals surface area contributed by atoms with Crippen molar-refractivity contribution in [2.24, 2.45) is 5.92 Å². The van der Waals surface area contributed by atoms with Gasteiger partial charge in [-0.15, -0.1) is 0 Å². The van der Waals surface area contributed by atoms with E-state index in [4.69, 9.17) is 0 Å². The Labute approximate surface area is 97.9 Å². The van der Waals surface area contributed by atoms with E-state index in [1.54, 1.807) is 0 Å². The third-order valence-electron chi connectivity index (χ3n) is 2.73. The molecule has 0 bridgehead atoms. The second-order valence-corrected chi connectivity index (χ2v) is 4.25. The Morgan fingerprint density at radius 3 is 1.44 bits per heavy atom. The lowest BCUT2D eigenvalue weighted by Crippen LogP contribution is -2.03. The highest BCUT2D eigenvalue weighted by Gasteiger charge is 2.04. The van der Waals surface area contributed by atoms with E-state index in [1.165, 1.54) is 11.1 Å². The molecule has 2 rings (SSSR count). The van der Waals surface area contributed by atoms with Gasteiger partial charge in [0, 0.05) is 0 Å². The van der Waals surface area contributed by atoms with Crippen molar-refractivity contribution in [3.8, 4) is 0 Å². The van der Waals surface area contributed by atoms with E-state index in [9.17, 15) is 0 Å². The topological polar surface area (TPSA) is 0 Å². The highest BCUT2D eigenvalue weighted by Crippen LogP contribution is 2.13. The first-order valence-corrected chi connectivity index (χ1v) is 5.75. The lowest BCUT2D eigenvalue weighted by Gasteiger charge is -2.11. The molecule has 1 radical (unpaired) electrons. The second-order valence-electron chi connectivity index (χ2n) is 4.25. The van der Waals surface area contributed by atoms with Gasteiger partial charge in [0.05, 0.1) is 0 Å². The van der Waals surface area contributed by atoms with Gasteiger partial charge in [-0.25, -0.2) is 0 Å². The fourth-order valence-corrected chi connectivity index (χ4v) is 1.97. The van der Waals surface area contributed by atoms with E-state index < -0.39 is 0 Å². The lowest BCUT2D eigenvalue weighted by molar-refractivity contribution is 0.640. The zero-order valence-corrected chi connectivity index (χ0v) is 9.47. The largest absolute Gasteiger partial charge is 0.0622 e. The van der Waals surface area contributed by atoms with Crippen molar-refractivity contribution in [2.75, 3.05) is 0 Å². The summed E-state index contributed by atoms with van der Waals surface area (Å²) in [4.78, 5) is 0. The standard InChI is InChI=1S/C16H17/c1-14(12-15-8-4-2-5-9-15)13-16-10-6-3-7-11-16/h2-11,14H,1,12-13H2. The van der Waals surface area contributed by atoms with Crippen LogP contribution in [0.25, 0.3) is 0 Å². The maximum Gasteiger partial charge on any atom is -0.0247 e. The summed E-state index contributed by atoms with van der Waals surface area (Å²) in [7, 11) is 0. The van der Waals surface area contributed by atoms with E-state index in [0.29, 0.717) is 5.92 Å². The van der Waals surface area contributed by atoms with Gasteiger partial charge in [0.1, 0.15) is 0 Å². The zero-order chi connectivity index (χ0) is 11.2. The Bertz CT molecular complexity index is 361. The quantitative estimate of drug-likeness (QED) is 0.716. The number of benzene rings is 2. The van der Waals surface area contributed by atoms with Gasteiger partial charge in [-0.05, 0) is 36.8 Å². The van der Waals surface area contributed by atoms with Crippen LogP contribution in [0.3, 0.4) is 0 Å². The fraction of sp³-hybridized carbons (Fsp3) is 0.188. The molecule has 81 valence electrons. The van der Waals surface area contributed by atoms with Gasteiger partial charge in [0.25, 0.3) is 0 Å². The summed E-state index contributed by atoms with van der Waals surface area (Å²) in [5.41, 5.74) is 2.75. The van der Waals surface area contributed by atoms with Crippen molar-refractivity contribution >= 4 is 0 Å². The van der Waals surface area contributed by atoms with Crippen molar-refractivity contribution in [3.05, 3.63) is 78.7 Å². The summed E-state index contributed by atoms with van der Waals surface area (Å²) in [6, 6.07) is 21.1. The summed E-state index contributed by atoms with van der Waals surface area (Å²) in [5, 5.41) is 0. The average molecular weight is 209 g/mol. The second kappa shape index (κ2) is 5.50. The summed E-state index contributed by atoms with van der Waals surface area (Å²) >= 11 is 0. The van der Waals surface area contributed by atoms with Crippen LogP contribution in [-0.2, 0) is 12.8 Å². The molecule has 0 heteroatoms. The molecule has 0 atom stereocenters. The number of hydrogen-bond donors (Lipinski definition) is 0. The smallest absolute Gasteiger partial charge is 0.0247 e. The predicted octanol–water partition coefficient (Wildman–Crippen LogP) is 3.92. The minimum Gasteiger partial charge on any atom is -0.0622 e. The number of hydrogen-bond acceptors (Lipinski definition) is 0. The van der Waals surface area contributed by atoms with Crippen molar-refractivity contribution in [2.45, 2.75) is 12.8 Å². The molecule has 0 amide bonds. The minimum atomic E-state index is 0.449. The molecular formula is C16H17. The van der Waals surface area contributed by atoms with Crippen molar-refractivity contribution in [1.29, 1.82) is 0 Å². The van der Waals surface area contributed by atoms with E-state index in [1.807, 2.05) is 0 Å². The van der Waals surface area contributed by atoms with Gasteiger partial charge in [-0.2, -0.15) is 0 Å². The first kappa shape index (κ1) is 10.9. The van der Waals surface area contributed by atoms with E-state index in [-0.39, 0.29) is 0 Å². The van der Waals surface area contributed by atoms with Gasteiger partial charge in [-0.1, -0.05) is 60.7 Å². The van der Waals surface area contributed by atoms with Crippen LogP contribution in [0.5, 0.6) is 0 Å². The SMILES string of the molecule is [CH2]C(Cc1ccccc1)Cc1ccccc1. The zero-order valence-electron chi connectivity index (χ0n) is 9.47. The molecule has 0 aromatic heterocycles. The fourth-order valence-electron chi connectivity index (χ4n) is 1.97. The van der Waals surface area contributed by atoms with Crippen LogP contribution in [0.1, 0.15) is 11.1 Å². The third-order valence-corrected chi connectivity index (χ3v) is 2.73. The average Bonchev–Trinajstić information content (AvgIpc) is 2.31. The Kier molecular flexibility index (Phi) is 3.76. The Balaban J connectivity index is 1.92. The van der Waals surface area contributed by atoms with E-state index in [2.05, 4.69) is 67.6 Å². The van der Waals surface area contributed by atoms with Crippen LogP contribution in [0, 0.1) is 12.8 Å². The first-order valence-electron chi connectivity index (χ1n) is 5.75. The Hall–Kier alpha value is -1.56. The van der Waals surface area contributed by atoms with Crippen LogP contribution < -0.4 is 0 Å². The van der Waals surface area contributed by atoms with Crippen molar-refractivity contribution < 1.29 is 0 Å². The van der Waals surface area contributed by atoms with Crippen LogP contribution in [-0.4, -0.2) is 0 Å². The van der Waals surface area contributed by atoms with Gasteiger partial charge in [0.2, 0.25) is 0 Å². The molecule has 2 aromatic carbocycles. The molecule has 0 fully saturated rings. The molecule has 2 aromatic rings. The summed E-state index contributed by atoms with van der Waals surface area (Å²) < 4.78 is 0. The summed E-state index contributed by atoms with van der Waals surface area (Å²) in [6.45, 7) is 4.23. The highest BCUT2D eigenvalue weighted by atomic mass is 14.1. The molecule has 0 unspecified atom stereocenters. The van der Waals surface area contributed by atoms with Crippen LogP contribution in [0.4, 0.5) is 0 Å². The molecule has 0 N–H and O–H groups in total. The molecule has 0 saturated heterocycles. The molecular weight excluding hydrogens is 192 g/mol. The molecule has 0 nitrogen and oxygen atoms in total. The van der Waals surface area contributed by atoms with Crippen molar-refractivity contribution in [1.82, 2.24) is 0 Å². The highest BCUT2D eigenvalue weighted by molar-refractivity contribution is 5.18. The molecule has 0 aliphatic carbocycles. The molecule has 0 aliphatic rings. The Morgan fingerprint density at radius 1 is 0.688 bits per heavy atom. The summed E-state index contributed by atoms with van der Waals surface area (Å²) in [5.74, 6) is 0.449. The molecule has 0 spiro atoms. The molecule has 16 heavy (non-hydrogen) atoms.